The van der Waals surface area contributed by atoms with Crippen LogP contribution in [0.4, 0.5) is 0 Å². The van der Waals surface area contributed by atoms with Gasteiger partial charge in [-0.25, -0.2) is 4.79 Å². The van der Waals surface area contributed by atoms with Crippen LogP contribution in [0.2, 0.25) is 0 Å². The van der Waals surface area contributed by atoms with E-state index in [1.165, 1.54) is 12.8 Å². The zero-order valence-electron chi connectivity index (χ0n) is 12.4. The Kier molecular flexibility index (Phi) is 7.70. The molecule has 0 aromatic heterocycles. The van der Waals surface area contributed by atoms with Gasteiger partial charge in [0.25, 0.3) is 0 Å². The first-order chi connectivity index (χ1) is 9.67. The fourth-order valence-electron chi connectivity index (χ4n) is 2.20. The highest BCUT2D eigenvalue weighted by molar-refractivity contribution is 7.99. The first-order valence-corrected chi connectivity index (χ1v) is 8.44. The molecule has 0 aliphatic heterocycles. The number of rotatable bonds is 10. The topological polar surface area (TPSA) is 49.3 Å². The van der Waals surface area contributed by atoms with Crippen molar-refractivity contribution in [2.24, 2.45) is 0 Å². The molecule has 2 N–H and O–H groups in total. The van der Waals surface area contributed by atoms with E-state index < -0.39 is 11.5 Å². The van der Waals surface area contributed by atoms with Crippen molar-refractivity contribution < 1.29 is 9.90 Å². The summed E-state index contributed by atoms with van der Waals surface area (Å²) < 4.78 is 0. The van der Waals surface area contributed by atoms with Gasteiger partial charge in [0.2, 0.25) is 0 Å². The number of benzene rings is 1. The molecule has 0 aliphatic carbocycles. The fraction of sp³-hybridized carbons (Fsp3) is 0.562. The number of carboxylic acids is 1. The zero-order valence-corrected chi connectivity index (χ0v) is 13.2. The van der Waals surface area contributed by atoms with Crippen LogP contribution in [0.3, 0.4) is 0 Å². The van der Waals surface area contributed by atoms with Gasteiger partial charge >= 0.3 is 5.97 Å². The predicted octanol–water partition coefficient (Wildman–Crippen LogP) is 3.50. The number of carbonyl (C=O) groups is 1. The molecule has 1 rings (SSSR count). The number of aliphatic carboxylic acids is 1. The number of carboxylic acid groups (broad SMARTS) is 1. The highest BCUT2D eigenvalue weighted by Crippen LogP contribution is 2.27. The molecule has 0 amide bonds. The third-order valence-corrected chi connectivity index (χ3v) is 4.54. The van der Waals surface area contributed by atoms with Gasteiger partial charge in [-0.05, 0) is 24.3 Å². The molecule has 0 saturated heterocycles. The summed E-state index contributed by atoms with van der Waals surface area (Å²) in [6, 6.07) is 9.49. The Morgan fingerprint density at radius 2 is 1.95 bits per heavy atom. The molecule has 4 heteroatoms. The molecule has 0 spiro atoms. The first-order valence-electron chi connectivity index (χ1n) is 7.29. The highest BCUT2D eigenvalue weighted by atomic mass is 32.2. The molecule has 112 valence electrons. The summed E-state index contributed by atoms with van der Waals surface area (Å²) in [5, 5.41) is 12.9. The van der Waals surface area contributed by atoms with Gasteiger partial charge in [-0.1, -0.05) is 57.0 Å². The van der Waals surface area contributed by atoms with Crippen molar-refractivity contribution in [1.29, 1.82) is 0 Å². The summed E-state index contributed by atoms with van der Waals surface area (Å²) in [7, 11) is 0. The molecular formula is C16H25NO2S. The minimum atomic E-state index is -0.979. The Bertz CT molecular complexity index is 397. The third kappa shape index (κ3) is 4.53. The smallest absolute Gasteiger partial charge is 0.329 e. The number of nitrogens with one attached hydrogen (secondary N) is 1. The van der Waals surface area contributed by atoms with Crippen LogP contribution in [-0.2, 0) is 10.3 Å². The molecule has 1 aromatic rings. The maximum atomic E-state index is 11.9. The van der Waals surface area contributed by atoms with Crippen LogP contribution < -0.4 is 5.32 Å². The molecule has 1 aromatic carbocycles. The van der Waals surface area contributed by atoms with Gasteiger partial charge in [-0.3, -0.25) is 5.32 Å². The number of unbranched alkanes of at least 4 members (excludes halogenated alkanes) is 2. The molecule has 0 fully saturated rings. The lowest BCUT2D eigenvalue weighted by Gasteiger charge is -2.30. The normalized spacial score (nSPS) is 13.9. The SMILES string of the molecule is CCCCCSCC(NCC)(C(=O)O)c1ccccc1. The van der Waals surface area contributed by atoms with E-state index in [1.807, 2.05) is 37.3 Å². The Morgan fingerprint density at radius 3 is 2.50 bits per heavy atom. The van der Waals surface area contributed by atoms with Crippen molar-refractivity contribution in [2.75, 3.05) is 18.1 Å². The summed E-state index contributed by atoms with van der Waals surface area (Å²) >= 11 is 1.72. The lowest BCUT2D eigenvalue weighted by molar-refractivity contribution is -0.144. The first kappa shape index (κ1) is 17.1. The number of hydrogen-bond acceptors (Lipinski definition) is 3. The summed E-state index contributed by atoms with van der Waals surface area (Å²) in [5.74, 6) is 0.777. The van der Waals surface area contributed by atoms with Crippen molar-refractivity contribution in [3.05, 3.63) is 35.9 Å². The maximum absolute atomic E-state index is 11.9. The van der Waals surface area contributed by atoms with E-state index in [9.17, 15) is 9.90 Å². The van der Waals surface area contributed by atoms with E-state index in [-0.39, 0.29) is 0 Å². The highest BCUT2D eigenvalue weighted by Gasteiger charge is 2.39. The van der Waals surface area contributed by atoms with Crippen molar-refractivity contribution >= 4 is 17.7 Å². The Labute approximate surface area is 126 Å². The molecular weight excluding hydrogens is 270 g/mol. The van der Waals surface area contributed by atoms with E-state index in [1.54, 1.807) is 11.8 Å². The van der Waals surface area contributed by atoms with E-state index in [4.69, 9.17) is 0 Å². The molecule has 1 unspecified atom stereocenters. The standard InChI is InChI=1S/C16H25NO2S/c1-3-5-9-12-20-13-16(15(18)19,17-4-2)14-10-7-6-8-11-14/h6-8,10-11,17H,3-5,9,12-13H2,1-2H3,(H,18,19). The molecule has 0 radical (unpaired) electrons. The van der Waals surface area contributed by atoms with Gasteiger partial charge in [-0.2, -0.15) is 11.8 Å². The average molecular weight is 295 g/mol. The van der Waals surface area contributed by atoms with Gasteiger partial charge < -0.3 is 5.11 Å². The van der Waals surface area contributed by atoms with Crippen LogP contribution in [0.1, 0.15) is 38.7 Å². The summed E-state index contributed by atoms with van der Waals surface area (Å²) in [6.45, 7) is 4.76. The van der Waals surface area contributed by atoms with Gasteiger partial charge in [0, 0.05) is 5.75 Å². The van der Waals surface area contributed by atoms with Gasteiger partial charge in [0.15, 0.2) is 5.54 Å². The molecule has 1 atom stereocenters. The molecule has 3 nitrogen and oxygen atoms in total. The largest absolute Gasteiger partial charge is 0.480 e. The van der Waals surface area contributed by atoms with Gasteiger partial charge in [-0.15, -0.1) is 0 Å². The molecule has 0 saturated carbocycles. The van der Waals surface area contributed by atoms with Crippen LogP contribution in [-0.4, -0.2) is 29.1 Å². The second kappa shape index (κ2) is 9.03. The van der Waals surface area contributed by atoms with Crippen molar-refractivity contribution in [1.82, 2.24) is 5.32 Å². The second-order valence-corrected chi connectivity index (χ2v) is 5.97. The zero-order chi connectivity index (χ0) is 14.8. The summed E-state index contributed by atoms with van der Waals surface area (Å²) in [6.07, 6.45) is 3.55. The second-order valence-electron chi connectivity index (χ2n) is 4.87. The van der Waals surface area contributed by atoms with Crippen LogP contribution in [0, 0.1) is 0 Å². The van der Waals surface area contributed by atoms with Gasteiger partial charge in [0.1, 0.15) is 0 Å². The molecule has 0 aliphatic rings. The van der Waals surface area contributed by atoms with E-state index >= 15 is 0 Å². The minimum absolute atomic E-state index is 0.559. The van der Waals surface area contributed by atoms with Gasteiger partial charge in [0.05, 0.1) is 0 Å². The monoisotopic (exact) mass is 295 g/mol. The minimum Gasteiger partial charge on any atom is -0.480 e. The lowest BCUT2D eigenvalue weighted by Crippen LogP contribution is -2.51. The van der Waals surface area contributed by atoms with Crippen LogP contribution in [0.15, 0.2) is 30.3 Å². The summed E-state index contributed by atoms with van der Waals surface area (Å²) in [4.78, 5) is 11.9. The Balaban J connectivity index is 2.81. The van der Waals surface area contributed by atoms with Crippen LogP contribution in [0.5, 0.6) is 0 Å². The van der Waals surface area contributed by atoms with E-state index in [2.05, 4.69) is 12.2 Å². The van der Waals surface area contributed by atoms with E-state index in [0.29, 0.717) is 12.3 Å². The third-order valence-electron chi connectivity index (χ3n) is 3.32. The molecule has 0 bridgehead atoms. The summed E-state index contributed by atoms with van der Waals surface area (Å²) in [5.41, 5.74) is -0.148. The predicted molar refractivity (Wildman–Crippen MR) is 86.3 cm³/mol. The van der Waals surface area contributed by atoms with Crippen molar-refractivity contribution in [2.45, 2.75) is 38.6 Å². The fourth-order valence-corrected chi connectivity index (χ4v) is 3.45. The molecule has 0 heterocycles. The number of likely N-dealkylation sites (N-methyl/N-ethyl adjacent to an activating group) is 1. The van der Waals surface area contributed by atoms with Crippen molar-refractivity contribution in [3.8, 4) is 0 Å². The average Bonchev–Trinajstić information content (AvgIpc) is 2.46. The lowest BCUT2D eigenvalue weighted by atomic mass is 9.92. The Hall–Kier alpha value is -1.00. The Morgan fingerprint density at radius 1 is 1.25 bits per heavy atom. The number of hydrogen-bond donors (Lipinski definition) is 2. The number of thioether (sulfide) groups is 1. The molecule has 20 heavy (non-hydrogen) atoms. The maximum Gasteiger partial charge on any atom is 0.329 e. The quantitative estimate of drug-likeness (QED) is 0.649. The van der Waals surface area contributed by atoms with Crippen LogP contribution in [0.25, 0.3) is 0 Å². The van der Waals surface area contributed by atoms with E-state index in [0.717, 1.165) is 17.7 Å². The van der Waals surface area contributed by atoms with Crippen LogP contribution >= 0.6 is 11.8 Å². The van der Waals surface area contributed by atoms with Crippen molar-refractivity contribution in [3.63, 3.8) is 0 Å².